The summed E-state index contributed by atoms with van der Waals surface area (Å²) in [7, 11) is 0. The molecule has 3 atom stereocenters. The largest absolute Gasteiger partial charge is 0.328 e. The molecule has 3 rings (SSSR count). The van der Waals surface area contributed by atoms with Crippen molar-refractivity contribution >= 4 is 0 Å². The SMILES string of the molecule is CC1(C)C2CCC1(C)C(NC1CC(N)C1)C2. The van der Waals surface area contributed by atoms with Crippen LogP contribution in [0.2, 0.25) is 0 Å². The highest BCUT2D eigenvalue weighted by Gasteiger charge is 2.61. The van der Waals surface area contributed by atoms with Gasteiger partial charge in [-0.3, -0.25) is 0 Å². The number of nitrogens with two attached hydrogens (primary N) is 1. The Kier molecular flexibility index (Phi) is 2.23. The van der Waals surface area contributed by atoms with E-state index in [1.807, 2.05) is 0 Å². The fourth-order valence-corrected chi connectivity index (χ4v) is 4.54. The highest BCUT2D eigenvalue weighted by molar-refractivity contribution is 5.13. The van der Waals surface area contributed by atoms with Crippen molar-refractivity contribution in [1.82, 2.24) is 5.32 Å². The Labute approximate surface area is 99.4 Å². The van der Waals surface area contributed by atoms with Crippen LogP contribution in [-0.4, -0.2) is 18.1 Å². The van der Waals surface area contributed by atoms with Gasteiger partial charge in [0, 0.05) is 18.1 Å². The number of nitrogens with one attached hydrogen (secondary N) is 1. The number of rotatable bonds is 2. The first-order valence-corrected chi connectivity index (χ1v) is 6.95. The van der Waals surface area contributed by atoms with Gasteiger partial charge in [-0.2, -0.15) is 0 Å². The summed E-state index contributed by atoms with van der Waals surface area (Å²) < 4.78 is 0. The zero-order chi connectivity index (χ0) is 11.6. The second-order valence-electron chi connectivity index (χ2n) is 7.26. The van der Waals surface area contributed by atoms with Gasteiger partial charge in [0.05, 0.1) is 0 Å². The second-order valence-corrected chi connectivity index (χ2v) is 7.26. The van der Waals surface area contributed by atoms with Crippen LogP contribution in [0.1, 0.15) is 52.9 Å². The molecule has 3 aliphatic rings. The lowest BCUT2D eigenvalue weighted by molar-refractivity contribution is 0.104. The zero-order valence-corrected chi connectivity index (χ0v) is 10.9. The molecule has 0 amide bonds. The summed E-state index contributed by atoms with van der Waals surface area (Å²) in [5, 5.41) is 3.89. The highest BCUT2D eigenvalue weighted by atomic mass is 15.0. The summed E-state index contributed by atoms with van der Waals surface area (Å²) in [6, 6.07) is 1.93. The van der Waals surface area contributed by atoms with Gasteiger partial charge in [0.2, 0.25) is 0 Å². The van der Waals surface area contributed by atoms with Gasteiger partial charge in [-0.25, -0.2) is 0 Å². The normalized spacial score (nSPS) is 54.0. The smallest absolute Gasteiger partial charge is 0.0131 e. The van der Waals surface area contributed by atoms with Gasteiger partial charge in [-0.1, -0.05) is 20.8 Å². The van der Waals surface area contributed by atoms with Gasteiger partial charge >= 0.3 is 0 Å². The summed E-state index contributed by atoms with van der Waals surface area (Å²) in [5.41, 5.74) is 6.93. The molecule has 2 bridgehead atoms. The fourth-order valence-electron chi connectivity index (χ4n) is 4.54. The van der Waals surface area contributed by atoms with Crippen LogP contribution >= 0.6 is 0 Å². The second kappa shape index (κ2) is 3.23. The Balaban J connectivity index is 1.70. The first kappa shape index (κ1) is 11.0. The van der Waals surface area contributed by atoms with Crippen molar-refractivity contribution in [3.63, 3.8) is 0 Å². The maximum atomic E-state index is 5.87. The Morgan fingerprint density at radius 2 is 1.81 bits per heavy atom. The van der Waals surface area contributed by atoms with Gasteiger partial charge in [0.1, 0.15) is 0 Å². The van der Waals surface area contributed by atoms with Crippen molar-refractivity contribution in [3.05, 3.63) is 0 Å². The first-order valence-electron chi connectivity index (χ1n) is 6.95. The lowest BCUT2D eigenvalue weighted by Gasteiger charge is -2.44. The topological polar surface area (TPSA) is 38.0 Å². The summed E-state index contributed by atoms with van der Waals surface area (Å²) in [5.74, 6) is 0.948. The summed E-state index contributed by atoms with van der Waals surface area (Å²) >= 11 is 0. The first-order chi connectivity index (χ1) is 7.43. The summed E-state index contributed by atoms with van der Waals surface area (Å²) in [6.07, 6.45) is 6.65. The van der Waals surface area contributed by atoms with Gasteiger partial charge in [0.25, 0.3) is 0 Å². The van der Waals surface area contributed by atoms with Crippen LogP contribution in [-0.2, 0) is 0 Å². The molecule has 3 saturated carbocycles. The van der Waals surface area contributed by atoms with E-state index < -0.39 is 0 Å². The molecule has 0 aromatic carbocycles. The van der Waals surface area contributed by atoms with Gasteiger partial charge in [-0.05, 0) is 48.9 Å². The van der Waals surface area contributed by atoms with Crippen molar-refractivity contribution < 1.29 is 0 Å². The van der Waals surface area contributed by atoms with E-state index >= 15 is 0 Å². The van der Waals surface area contributed by atoms with Crippen molar-refractivity contribution in [2.45, 2.75) is 71.0 Å². The van der Waals surface area contributed by atoms with Crippen molar-refractivity contribution in [3.8, 4) is 0 Å². The predicted molar refractivity (Wildman–Crippen MR) is 67.2 cm³/mol. The lowest BCUT2D eigenvalue weighted by atomic mass is 9.68. The van der Waals surface area contributed by atoms with Crippen LogP contribution in [0.4, 0.5) is 0 Å². The third-order valence-corrected chi connectivity index (χ3v) is 6.41. The standard InChI is InChI=1S/C14H26N2/c1-13(2)9-4-5-14(13,3)12(6-9)16-11-7-10(15)8-11/h9-12,16H,4-8,15H2,1-3H3. The Bertz CT molecular complexity index is 293. The van der Waals surface area contributed by atoms with E-state index in [0.29, 0.717) is 22.9 Å². The number of hydrogen-bond donors (Lipinski definition) is 2. The quantitative estimate of drug-likeness (QED) is 0.752. The van der Waals surface area contributed by atoms with E-state index in [1.165, 1.54) is 32.1 Å². The average Bonchev–Trinajstić information content (AvgIpc) is 2.48. The van der Waals surface area contributed by atoms with Crippen LogP contribution in [0.3, 0.4) is 0 Å². The van der Waals surface area contributed by atoms with Crippen LogP contribution in [0, 0.1) is 16.7 Å². The van der Waals surface area contributed by atoms with E-state index in [2.05, 4.69) is 26.1 Å². The third-order valence-electron chi connectivity index (χ3n) is 6.41. The number of fused-ring (bicyclic) bond motifs is 2. The molecule has 0 saturated heterocycles. The molecule has 0 aromatic heterocycles. The van der Waals surface area contributed by atoms with E-state index in [9.17, 15) is 0 Å². The summed E-state index contributed by atoms with van der Waals surface area (Å²) in [4.78, 5) is 0. The van der Waals surface area contributed by atoms with Gasteiger partial charge < -0.3 is 11.1 Å². The zero-order valence-electron chi connectivity index (χ0n) is 10.9. The average molecular weight is 222 g/mol. The molecular weight excluding hydrogens is 196 g/mol. The monoisotopic (exact) mass is 222 g/mol. The molecule has 0 aromatic rings. The van der Waals surface area contributed by atoms with Crippen molar-refractivity contribution in [2.24, 2.45) is 22.5 Å². The van der Waals surface area contributed by atoms with Gasteiger partial charge in [0.15, 0.2) is 0 Å². The Hall–Kier alpha value is -0.0800. The summed E-state index contributed by atoms with van der Waals surface area (Å²) in [6.45, 7) is 7.48. The van der Waals surface area contributed by atoms with Crippen molar-refractivity contribution in [1.29, 1.82) is 0 Å². The minimum atomic E-state index is 0.469. The van der Waals surface area contributed by atoms with E-state index in [4.69, 9.17) is 5.73 Å². The maximum absolute atomic E-state index is 5.87. The van der Waals surface area contributed by atoms with Crippen molar-refractivity contribution in [2.75, 3.05) is 0 Å². The molecule has 2 nitrogen and oxygen atoms in total. The highest BCUT2D eigenvalue weighted by Crippen LogP contribution is 2.65. The molecule has 2 heteroatoms. The minimum Gasteiger partial charge on any atom is -0.328 e. The van der Waals surface area contributed by atoms with E-state index in [1.54, 1.807) is 0 Å². The van der Waals surface area contributed by atoms with E-state index in [0.717, 1.165) is 12.0 Å². The predicted octanol–water partition coefficient (Wildman–Crippen LogP) is 2.28. The lowest BCUT2D eigenvalue weighted by Crippen LogP contribution is -2.55. The molecule has 0 heterocycles. The molecule has 3 fully saturated rings. The van der Waals surface area contributed by atoms with Crippen LogP contribution in [0.5, 0.6) is 0 Å². The molecular formula is C14H26N2. The van der Waals surface area contributed by atoms with Crippen LogP contribution in [0.25, 0.3) is 0 Å². The molecule has 3 aliphatic carbocycles. The molecule has 92 valence electrons. The van der Waals surface area contributed by atoms with Gasteiger partial charge in [-0.15, -0.1) is 0 Å². The maximum Gasteiger partial charge on any atom is 0.0131 e. The van der Waals surface area contributed by atoms with E-state index in [-0.39, 0.29) is 0 Å². The molecule has 16 heavy (non-hydrogen) atoms. The number of hydrogen-bond acceptors (Lipinski definition) is 2. The molecule has 0 spiro atoms. The Morgan fingerprint density at radius 3 is 2.25 bits per heavy atom. The van der Waals surface area contributed by atoms with Crippen LogP contribution in [0.15, 0.2) is 0 Å². The Morgan fingerprint density at radius 1 is 1.12 bits per heavy atom. The molecule has 3 N–H and O–H groups in total. The minimum absolute atomic E-state index is 0.469. The molecule has 0 aliphatic heterocycles. The fraction of sp³-hybridized carbons (Fsp3) is 1.00. The third kappa shape index (κ3) is 1.26. The van der Waals surface area contributed by atoms with Crippen LogP contribution < -0.4 is 11.1 Å². The molecule has 3 unspecified atom stereocenters. The molecule has 0 radical (unpaired) electrons.